The Kier molecular flexibility index (Phi) is 5.30. The minimum atomic E-state index is -0.377. The van der Waals surface area contributed by atoms with Gasteiger partial charge in [0.05, 0.1) is 0 Å². The SMILES string of the molecule is CC(c1ccccc1)(c1ccc(S)cc1S)c1ccc(S)cc1S. The molecule has 3 aromatic carbocycles. The lowest BCUT2D eigenvalue weighted by molar-refractivity contribution is 0.661. The molecule has 0 N–H and O–H groups in total. The van der Waals surface area contributed by atoms with Crippen molar-refractivity contribution in [1.82, 2.24) is 0 Å². The van der Waals surface area contributed by atoms with E-state index in [0.29, 0.717) is 0 Å². The van der Waals surface area contributed by atoms with E-state index in [2.05, 4.69) is 68.6 Å². The van der Waals surface area contributed by atoms with Gasteiger partial charge in [-0.1, -0.05) is 42.5 Å². The molecule has 0 aliphatic heterocycles. The second-order valence-electron chi connectivity index (χ2n) is 5.89. The normalized spacial score (nSPS) is 11.5. The highest BCUT2D eigenvalue weighted by Crippen LogP contribution is 2.44. The molecule has 0 aromatic heterocycles. The molecule has 0 fully saturated rings. The molecular formula is C20H18S4. The van der Waals surface area contributed by atoms with E-state index in [1.54, 1.807) is 0 Å². The van der Waals surface area contributed by atoms with Gasteiger partial charge < -0.3 is 0 Å². The van der Waals surface area contributed by atoms with E-state index in [1.807, 2.05) is 30.3 Å². The Morgan fingerprint density at radius 2 is 1.08 bits per heavy atom. The van der Waals surface area contributed by atoms with Crippen molar-refractivity contribution in [2.45, 2.75) is 31.9 Å². The van der Waals surface area contributed by atoms with Gasteiger partial charge in [-0.2, -0.15) is 0 Å². The van der Waals surface area contributed by atoms with Crippen LogP contribution in [0.4, 0.5) is 0 Å². The maximum Gasteiger partial charge on any atom is 0.0445 e. The third kappa shape index (κ3) is 3.25. The summed E-state index contributed by atoms with van der Waals surface area (Å²) >= 11 is 18.3. The number of benzene rings is 3. The molecule has 0 atom stereocenters. The van der Waals surface area contributed by atoms with Crippen LogP contribution in [0.5, 0.6) is 0 Å². The average molecular weight is 387 g/mol. The third-order valence-electron chi connectivity index (χ3n) is 4.39. The minimum absolute atomic E-state index is 0.377. The molecule has 0 aliphatic rings. The van der Waals surface area contributed by atoms with E-state index >= 15 is 0 Å². The summed E-state index contributed by atoms with van der Waals surface area (Å²) in [6, 6.07) is 22.6. The zero-order valence-electron chi connectivity index (χ0n) is 13.1. The Morgan fingerprint density at radius 1 is 0.625 bits per heavy atom. The summed E-state index contributed by atoms with van der Waals surface area (Å²) in [4.78, 5) is 3.63. The topological polar surface area (TPSA) is 0 Å². The molecule has 0 bridgehead atoms. The molecule has 0 saturated heterocycles. The first-order valence-corrected chi connectivity index (χ1v) is 9.32. The molecule has 3 rings (SSSR count). The monoisotopic (exact) mass is 386 g/mol. The van der Waals surface area contributed by atoms with Crippen LogP contribution >= 0.6 is 50.5 Å². The van der Waals surface area contributed by atoms with Crippen LogP contribution < -0.4 is 0 Å². The minimum Gasteiger partial charge on any atom is -0.143 e. The van der Waals surface area contributed by atoms with E-state index in [-0.39, 0.29) is 5.41 Å². The van der Waals surface area contributed by atoms with Gasteiger partial charge in [-0.05, 0) is 47.9 Å². The lowest BCUT2D eigenvalue weighted by atomic mass is 9.71. The van der Waals surface area contributed by atoms with Crippen molar-refractivity contribution < 1.29 is 0 Å². The molecule has 0 heterocycles. The summed E-state index contributed by atoms with van der Waals surface area (Å²) in [7, 11) is 0. The maximum atomic E-state index is 4.73. The van der Waals surface area contributed by atoms with Crippen LogP contribution in [-0.4, -0.2) is 0 Å². The fraction of sp³-hybridized carbons (Fsp3) is 0.100. The second kappa shape index (κ2) is 7.12. The van der Waals surface area contributed by atoms with Gasteiger partial charge in [-0.3, -0.25) is 0 Å². The zero-order chi connectivity index (χ0) is 17.3. The molecule has 0 radical (unpaired) electrons. The Hall–Kier alpha value is -0.940. The quantitative estimate of drug-likeness (QED) is 0.299. The second-order valence-corrected chi connectivity index (χ2v) is 7.89. The van der Waals surface area contributed by atoms with Crippen LogP contribution in [0.25, 0.3) is 0 Å². The predicted molar refractivity (Wildman–Crippen MR) is 114 cm³/mol. The van der Waals surface area contributed by atoms with Crippen molar-refractivity contribution in [2.75, 3.05) is 0 Å². The largest absolute Gasteiger partial charge is 0.143 e. The molecule has 122 valence electrons. The van der Waals surface area contributed by atoms with Gasteiger partial charge in [0.15, 0.2) is 0 Å². The summed E-state index contributed by atoms with van der Waals surface area (Å²) in [6.07, 6.45) is 0. The Bertz CT molecular complexity index is 821. The number of hydrogen-bond acceptors (Lipinski definition) is 4. The average Bonchev–Trinajstić information content (AvgIpc) is 2.55. The summed E-state index contributed by atoms with van der Waals surface area (Å²) in [5.41, 5.74) is 3.06. The van der Waals surface area contributed by atoms with Gasteiger partial charge in [0.2, 0.25) is 0 Å². The van der Waals surface area contributed by atoms with Gasteiger partial charge in [0.1, 0.15) is 0 Å². The summed E-state index contributed by atoms with van der Waals surface area (Å²) < 4.78 is 0. The van der Waals surface area contributed by atoms with Crippen molar-refractivity contribution in [1.29, 1.82) is 0 Å². The fourth-order valence-corrected chi connectivity index (χ4v) is 4.60. The summed E-state index contributed by atoms with van der Waals surface area (Å²) in [6.45, 7) is 2.21. The highest BCUT2D eigenvalue weighted by Gasteiger charge is 2.34. The highest BCUT2D eigenvalue weighted by molar-refractivity contribution is 7.81. The molecule has 0 nitrogen and oxygen atoms in total. The highest BCUT2D eigenvalue weighted by atomic mass is 32.1. The van der Waals surface area contributed by atoms with Crippen molar-refractivity contribution in [3.8, 4) is 0 Å². The van der Waals surface area contributed by atoms with Crippen molar-refractivity contribution in [2.24, 2.45) is 0 Å². The van der Waals surface area contributed by atoms with Crippen LogP contribution in [0.15, 0.2) is 86.3 Å². The first-order valence-electron chi connectivity index (χ1n) is 7.53. The molecule has 0 saturated carbocycles. The van der Waals surface area contributed by atoms with Crippen LogP contribution in [0, 0.1) is 0 Å². The van der Waals surface area contributed by atoms with Crippen molar-refractivity contribution >= 4 is 50.5 Å². The third-order valence-corrected chi connectivity index (χ3v) is 5.69. The van der Waals surface area contributed by atoms with E-state index in [9.17, 15) is 0 Å². The van der Waals surface area contributed by atoms with Gasteiger partial charge in [-0.25, -0.2) is 0 Å². The molecule has 4 heteroatoms. The Morgan fingerprint density at radius 3 is 1.50 bits per heavy atom. The van der Waals surface area contributed by atoms with E-state index in [1.165, 1.54) is 5.56 Å². The van der Waals surface area contributed by atoms with E-state index < -0.39 is 0 Å². The van der Waals surface area contributed by atoms with Gasteiger partial charge in [0.25, 0.3) is 0 Å². The summed E-state index contributed by atoms with van der Waals surface area (Å²) in [5.74, 6) is 0. The lowest BCUT2D eigenvalue weighted by Gasteiger charge is -2.34. The Labute approximate surface area is 165 Å². The predicted octanol–water partition coefficient (Wildman–Crippen LogP) is 6.20. The molecule has 24 heavy (non-hydrogen) atoms. The maximum absolute atomic E-state index is 4.73. The number of hydrogen-bond donors (Lipinski definition) is 4. The molecule has 0 aliphatic carbocycles. The van der Waals surface area contributed by atoms with Crippen LogP contribution in [0.1, 0.15) is 23.6 Å². The summed E-state index contributed by atoms with van der Waals surface area (Å²) in [5, 5.41) is 0. The van der Waals surface area contributed by atoms with Gasteiger partial charge in [-0.15, -0.1) is 50.5 Å². The first-order chi connectivity index (χ1) is 11.4. The van der Waals surface area contributed by atoms with E-state index in [4.69, 9.17) is 25.3 Å². The first kappa shape index (κ1) is 17.9. The van der Waals surface area contributed by atoms with Gasteiger partial charge >= 0.3 is 0 Å². The molecule has 0 amide bonds. The standard InChI is InChI=1S/C20H18S4/c1-20(13-5-3-2-4-6-13,16-9-7-14(21)11-18(16)23)17-10-8-15(22)12-19(17)24/h2-12,21-24H,1H3. The Balaban J connectivity index is 2.33. The molecule has 0 unspecified atom stereocenters. The van der Waals surface area contributed by atoms with Crippen LogP contribution in [0.2, 0.25) is 0 Å². The van der Waals surface area contributed by atoms with Crippen LogP contribution in [-0.2, 0) is 5.41 Å². The van der Waals surface area contributed by atoms with E-state index in [0.717, 1.165) is 30.7 Å². The lowest BCUT2D eigenvalue weighted by Crippen LogP contribution is -2.26. The molecular weight excluding hydrogens is 368 g/mol. The molecule has 3 aromatic rings. The van der Waals surface area contributed by atoms with Crippen molar-refractivity contribution in [3.63, 3.8) is 0 Å². The smallest absolute Gasteiger partial charge is 0.0445 e. The number of rotatable bonds is 3. The molecule has 0 spiro atoms. The van der Waals surface area contributed by atoms with Gasteiger partial charge in [0, 0.05) is 25.0 Å². The number of thiol groups is 4. The van der Waals surface area contributed by atoms with Crippen molar-refractivity contribution in [3.05, 3.63) is 83.4 Å². The fourth-order valence-electron chi connectivity index (χ4n) is 3.11. The van der Waals surface area contributed by atoms with Crippen LogP contribution in [0.3, 0.4) is 0 Å². The zero-order valence-corrected chi connectivity index (χ0v) is 16.7.